The van der Waals surface area contributed by atoms with E-state index in [4.69, 9.17) is 10.9 Å². The molecule has 1 unspecified atom stereocenters. The van der Waals surface area contributed by atoms with Gasteiger partial charge in [0.05, 0.1) is 0 Å². The molecule has 0 bridgehead atoms. The van der Waals surface area contributed by atoms with E-state index >= 15 is 0 Å². The summed E-state index contributed by atoms with van der Waals surface area (Å²) in [5.74, 6) is 3.63. The molecule has 0 aliphatic rings. The molecule has 4 N–H and O–H groups in total. The van der Waals surface area contributed by atoms with Gasteiger partial charge >= 0.3 is 5.97 Å². The van der Waals surface area contributed by atoms with Gasteiger partial charge in [-0.15, -0.1) is 0 Å². The SMILES string of the molecule is NNC(CC(=O)c1ccccc1)C(=O)O. The second kappa shape index (κ2) is 5.23. The molecule has 15 heavy (non-hydrogen) atoms. The van der Waals surface area contributed by atoms with E-state index in [0.717, 1.165) is 0 Å². The summed E-state index contributed by atoms with van der Waals surface area (Å²) in [5.41, 5.74) is 2.57. The fraction of sp³-hybridized carbons (Fsp3) is 0.200. The van der Waals surface area contributed by atoms with Gasteiger partial charge in [0, 0.05) is 12.0 Å². The fourth-order valence-electron chi connectivity index (χ4n) is 1.14. The standard InChI is InChI=1S/C10H12N2O3/c11-12-8(10(14)15)6-9(13)7-4-2-1-3-5-7/h1-5,8,12H,6,11H2,(H,14,15). The maximum Gasteiger partial charge on any atom is 0.322 e. The zero-order valence-corrected chi connectivity index (χ0v) is 8.01. The quantitative estimate of drug-likeness (QED) is 0.364. The number of carboxylic acids is 1. The smallest absolute Gasteiger partial charge is 0.322 e. The van der Waals surface area contributed by atoms with Crippen LogP contribution in [0.15, 0.2) is 30.3 Å². The predicted octanol–water partition coefficient (Wildman–Crippen LogP) is 0.176. The van der Waals surface area contributed by atoms with E-state index in [1.54, 1.807) is 30.3 Å². The molecular weight excluding hydrogens is 196 g/mol. The summed E-state index contributed by atoms with van der Waals surface area (Å²) in [7, 11) is 0. The van der Waals surface area contributed by atoms with Crippen molar-refractivity contribution in [3.05, 3.63) is 35.9 Å². The molecule has 1 aromatic rings. The van der Waals surface area contributed by atoms with E-state index in [2.05, 4.69) is 5.43 Å². The highest BCUT2D eigenvalue weighted by Crippen LogP contribution is 2.05. The van der Waals surface area contributed by atoms with Crippen LogP contribution in [-0.4, -0.2) is 22.9 Å². The van der Waals surface area contributed by atoms with Gasteiger partial charge in [0.15, 0.2) is 5.78 Å². The number of carboxylic acid groups (broad SMARTS) is 1. The van der Waals surface area contributed by atoms with Crippen LogP contribution in [0.3, 0.4) is 0 Å². The van der Waals surface area contributed by atoms with Gasteiger partial charge in [-0.1, -0.05) is 30.3 Å². The Morgan fingerprint density at radius 3 is 2.40 bits per heavy atom. The van der Waals surface area contributed by atoms with E-state index in [0.29, 0.717) is 5.56 Å². The van der Waals surface area contributed by atoms with E-state index < -0.39 is 12.0 Å². The lowest BCUT2D eigenvalue weighted by molar-refractivity contribution is -0.139. The molecule has 0 fully saturated rings. The fourth-order valence-corrected chi connectivity index (χ4v) is 1.14. The topological polar surface area (TPSA) is 92.4 Å². The molecule has 0 saturated carbocycles. The van der Waals surface area contributed by atoms with Crippen molar-refractivity contribution in [3.63, 3.8) is 0 Å². The maximum atomic E-state index is 11.6. The van der Waals surface area contributed by atoms with Gasteiger partial charge < -0.3 is 5.11 Å². The Kier molecular flexibility index (Phi) is 3.96. The van der Waals surface area contributed by atoms with Gasteiger partial charge in [-0.3, -0.25) is 15.4 Å². The molecule has 0 radical (unpaired) electrons. The van der Waals surface area contributed by atoms with E-state index in [-0.39, 0.29) is 12.2 Å². The zero-order valence-electron chi connectivity index (χ0n) is 8.01. The lowest BCUT2D eigenvalue weighted by Crippen LogP contribution is -2.42. The first-order valence-electron chi connectivity index (χ1n) is 4.42. The minimum atomic E-state index is -1.14. The van der Waals surface area contributed by atoms with Crippen LogP contribution in [-0.2, 0) is 4.79 Å². The molecule has 0 aliphatic heterocycles. The monoisotopic (exact) mass is 208 g/mol. The average molecular weight is 208 g/mol. The summed E-state index contributed by atoms with van der Waals surface area (Å²) >= 11 is 0. The third-order valence-corrected chi connectivity index (χ3v) is 1.98. The van der Waals surface area contributed by atoms with Crippen molar-refractivity contribution < 1.29 is 14.7 Å². The van der Waals surface area contributed by atoms with Gasteiger partial charge in [-0.25, -0.2) is 5.43 Å². The Balaban J connectivity index is 2.67. The number of aliphatic carboxylic acids is 1. The molecule has 5 heteroatoms. The normalized spacial score (nSPS) is 12.1. The molecule has 0 aromatic heterocycles. The molecule has 5 nitrogen and oxygen atoms in total. The first-order valence-corrected chi connectivity index (χ1v) is 4.42. The molecular formula is C10H12N2O3. The molecule has 0 amide bonds. The minimum Gasteiger partial charge on any atom is -0.480 e. The molecule has 0 saturated heterocycles. The summed E-state index contributed by atoms with van der Waals surface area (Å²) in [6.45, 7) is 0. The molecule has 0 spiro atoms. The number of hydrogen-bond acceptors (Lipinski definition) is 4. The molecule has 0 aliphatic carbocycles. The largest absolute Gasteiger partial charge is 0.480 e. The van der Waals surface area contributed by atoms with E-state index in [1.807, 2.05) is 0 Å². The van der Waals surface area contributed by atoms with Crippen molar-refractivity contribution in [3.8, 4) is 0 Å². The first-order chi connectivity index (χ1) is 7.15. The van der Waals surface area contributed by atoms with Crippen LogP contribution in [0.1, 0.15) is 16.8 Å². The maximum absolute atomic E-state index is 11.6. The van der Waals surface area contributed by atoms with Crippen LogP contribution in [0.5, 0.6) is 0 Å². The number of carbonyl (C=O) groups excluding carboxylic acids is 1. The Labute approximate surface area is 86.9 Å². The number of rotatable bonds is 5. The molecule has 1 atom stereocenters. The van der Waals surface area contributed by atoms with Gasteiger partial charge in [-0.2, -0.15) is 0 Å². The van der Waals surface area contributed by atoms with Crippen LogP contribution >= 0.6 is 0 Å². The highest BCUT2D eigenvalue weighted by atomic mass is 16.4. The Morgan fingerprint density at radius 1 is 1.33 bits per heavy atom. The van der Waals surface area contributed by atoms with Gasteiger partial charge in [-0.05, 0) is 0 Å². The van der Waals surface area contributed by atoms with Crippen molar-refractivity contribution in [1.29, 1.82) is 0 Å². The average Bonchev–Trinajstić information content (AvgIpc) is 2.26. The van der Waals surface area contributed by atoms with Crippen molar-refractivity contribution in [1.82, 2.24) is 5.43 Å². The molecule has 1 rings (SSSR count). The molecule has 0 heterocycles. The zero-order chi connectivity index (χ0) is 11.3. The molecule has 80 valence electrons. The summed E-state index contributed by atoms with van der Waals surface area (Å²) in [5, 5.41) is 8.67. The Morgan fingerprint density at radius 2 is 1.93 bits per heavy atom. The summed E-state index contributed by atoms with van der Waals surface area (Å²) in [6, 6.07) is 7.46. The van der Waals surface area contributed by atoms with Crippen LogP contribution < -0.4 is 11.3 Å². The third kappa shape index (κ3) is 3.16. The lowest BCUT2D eigenvalue weighted by atomic mass is 10.0. The van der Waals surface area contributed by atoms with Gasteiger partial charge in [0.1, 0.15) is 6.04 Å². The molecule has 1 aromatic carbocycles. The lowest BCUT2D eigenvalue weighted by Gasteiger charge is -2.09. The third-order valence-electron chi connectivity index (χ3n) is 1.98. The summed E-state index contributed by atoms with van der Waals surface area (Å²) < 4.78 is 0. The number of hydrogen-bond donors (Lipinski definition) is 3. The van der Waals surface area contributed by atoms with Crippen LogP contribution in [0.4, 0.5) is 0 Å². The number of ketones is 1. The number of Topliss-reactive ketones (excluding diaryl/α,β-unsaturated/α-hetero) is 1. The van der Waals surface area contributed by atoms with E-state index in [1.165, 1.54) is 0 Å². The number of carbonyl (C=O) groups is 2. The Bertz CT molecular complexity index is 351. The van der Waals surface area contributed by atoms with Crippen LogP contribution in [0, 0.1) is 0 Å². The highest BCUT2D eigenvalue weighted by molar-refractivity contribution is 5.98. The highest BCUT2D eigenvalue weighted by Gasteiger charge is 2.19. The second-order valence-electron chi connectivity index (χ2n) is 3.05. The van der Waals surface area contributed by atoms with E-state index in [9.17, 15) is 9.59 Å². The van der Waals surface area contributed by atoms with Crippen LogP contribution in [0.2, 0.25) is 0 Å². The van der Waals surface area contributed by atoms with Gasteiger partial charge in [0.2, 0.25) is 0 Å². The number of hydrazine groups is 1. The van der Waals surface area contributed by atoms with Gasteiger partial charge in [0.25, 0.3) is 0 Å². The Hall–Kier alpha value is -1.72. The second-order valence-corrected chi connectivity index (χ2v) is 3.05. The predicted molar refractivity (Wildman–Crippen MR) is 54.1 cm³/mol. The van der Waals surface area contributed by atoms with Crippen molar-refractivity contribution in [2.24, 2.45) is 5.84 Å². The van der Waals surface area contributed by atoms with Crippen molar-refractivity contribution in [2.45, 2.75) is 12.5 Å². The van der Waals surface area contributed by atoms with Crippen molar-refractivity contribution in [2.75, 3.05) is 0 Å². The summed E-state index contributed by atoms with van der Waals surface area (Å²) in [6.07, 6.45) is -0.157. The minimum absolute atomic E-state index is 0.157. The number of nitrogens with two attached hydrogens (primary N) is 1. The summed E-state index contributed by atoms with van der Waals surface area (Å²) in [4.78, 5) is 22.2. The van der Waals surface area contributed by atoms with Crippen LogP contribution in [0.25, 0.3) is 0 Å². The first kappa shape index (κ1) is 11.4. The van der Waals surface area contributed by atoms with Crippen molar-refractivity contribution >= 4 is 11.8 Å². The number of nitrogens with one attached hydrogen (secondary N) is 1. The number of benzene rings is 1.